The summed E-state index contributed by atoms with van der Waals surface area (Å²) in [4.78, 5) is 24.8. The zero-order chi connectivity index (χ0) is 25.3. The minimum atomic E-state index is -3.72. The van der Waals surface area contributed by atoms with Gasteiger partial charge in [-0.2, -0.15) is 4.31 Å². The summed E-state index contributed by atoms with van der Waals surface area (Å²) in [5.74, 6) is 0.320. The molecule has 0 aliphatic rings. The molecular weight excluding hydrogens is 458 g/mol. The number of rotatable bonds is 12. The van der Waals surface area contributed by atoms with Crippen molar-refractivity contribution in [2.75, 3.05) is 32.1 Å². The number of sulfonamides is 1. The number of nitrogens with zero attached hydrogens (tertiary/aromatic N) is 1. The highest BCUT2D eigenvalue weighted by Gasteiger charge is 2.24. The van der Waals surface area contributed by atoms with E-state index in [-0.39, 0.29) is 22.9 Å². The number of benzene rings is 2. The summed E-state index contributed by atoms with van der Waals surface area (Å²) in [5, 5.41) is 5.54. The third-order valence-corrected chi connectivity index (χ3v) is 7.20. The van der Waals surface area contributed by atoms with E-state index in [0.29, 0.717) is 31.2 Å². The molecule has 2 amide bonds. The highest BCUT2D eigenvalue weighted by Crippen LogP contribution is 2.30. The lowest BCUT2D eigenvalue weighted by atomic mass is 10.0. The highest BCUT2D eigenvalue weighted by atomic mass is 32.2. The second-order valence-corrected chi connectivity index (χ2v) is 9.40. The van der Waals surface area contributed by atoms with E-state index in [4.69, 9.17) is 9.47 Å². The lowest BCUT2D eigenvalue weighted by molar-refractivity contribution is -0.120. The van der Waals surface area contributed by atoms with Gasteiger partial charge in [0.2, 0.25) is 21.8 Å². The number of amides is 2. The van der Waals surface area contributed by atoms with Crippen molar-refractivity contribution in [1.82, 2.24) is 9.62 Å². The van der Waals surface area contributed by atoms with Crippen LogP contribution < -0.4 is 20.1 Å². The van der Waals surface area contributed by atoms with Gasteiger partial charge >= 0.3 is 0 Å². The van der Waals surface area contributed by atoms with Gasteiger partial charge < -0.3 is 20.1 Å². The maximum Gasteiger partial charge on any atom is 0.243 e. The standard InChI is InChI=1S/C24H33N3O6S/c1-6-27(7-2)34(30,31)20-13-14-23(33-8-3)22(15-20)26-24(29)16-21(25-17(4)28)18-9-11-19(32-5)12-10-18/h9-15,21H,6-8,16H2,1-5H3,(H,25,28)(H,26,29). The highest BCUT2D eigenvalue weighted by molar-refractivity contribution is 7.89. The zero-order valence-electron chi connectivity index (χ0n) is 20.3. The molecule has 2 aromatic carbocycles. The molecule has 0 saturated carbocycles. The number of ether oxygens (including phenoxy) is 2. The molecule has 0 fully saturated rings. The normalized spacial score (nSPS) is 12.2. The van der Waals surface area contributed by atoms with Gasteiger partial charge in [-0.25, -0.2) is 8.42 Å². The van der Waals surface area contributed by atoms with Crippen LogP contribution in [0.15, 0.2) is 47.4 Å². The molecule has 2 rings (SSSR count). The lowest BCUT2D eigenvalue weighted by Crippen LogP contribution is -2.31. The van der Waals surface area contributed by atoms with Crippen LogP contribution in [0.25, 0.3) is 0 Å². The van der Waals surface area contributed by atoms with Gasteiger partial charge in [0.05, 0.1) is 36.8 Å². The van der Waals surface area contributed by atoms with Crippen molar-refractivity contribution in [3.63, 3.8) is 0 Å². The topological polar surface area (TPSA) is 114 Å². The zero-order valence-corrected chi connectivity index (χ0v) is 21.1. The minimum Gasteiger partial charge on any atom is -0.497 e. The Kier molecular flexibility index (Phi) is 9.88. The third-order valence-electron chi connectivity index (χ3n) is 5.15. The van der Waals surface area contributed by atoms with Crippen molar-refractivity contribution in [3.05, 3.63) is 48.0 Å². The molecule has 1 unspecified atom stereocenters. The Hall–Kier alpha value is -3.11. The number of carbonyl (C=O) groups excluding carboxylic acids is 2. The van der Waals surface area contributed by atoms with Gasteiger partial charge in [-0.15, -0.1) is 0 Å². The average Bonchev–Trinajstić information content (AvgIpc) is 2.80. The minimum absolute atomic E-state index is 0.0588. The van der Waals surface area contributed by atoms with Crippen molar-refractivity contribution >= 4 is 27.5 Å². The first kappa shape index (κ1) is 27.1. The van der Waals surface area contributed by atoms with E-state index >= 15 is 0 Å². The monoisotopic (exact) mass is 491 g/mol. The van der Waals surface area contributed by atoms with Crippen molar-refractivity contribution in [3.8, 4) is 11.5 Å². The number of carbonyl (C=O) groups is 2. The van der Waals surface area contributed by atoms with Crippen molar-refractivity contribution in [1.29, 1.82) is 0 Å². The van der Waals surface area contributed by atoms with Crippen LogP contribution in [0.2, 0.25) is 0 Å². The van der Waals surface area contributed by atoms with E-state index in [1.807, 2.05) is 0 Å². The summed E-state index contributed by atoms with van der Waals surface area (Å²) in [7, 11) is -2.17. The summed E-state index contributed by atoms with van der Waals surface area (Å²) in [5.41, 5.74) is 0.977. The molecule has 0 spiro atoms. The molecule has 0 aromatic heterocycles. The SMILES string of the molecule is CCOc1ccc(S(=O)(=O)N(CC)CC)cc1NC(=O)CC(NC(C)=O)c1ccc(OC)cc1. The molecule has 0 saturated heterocycles. The molecule has 0 aliphatic heterocycles. The molecule has 0 radical (unpaired) electrons. The van der Waals surface area contributed by atoms with Crippen LogP contribution in [-0.2, 0) is 19.6 Å². The van der Waals surface area contributed by atoms with Gasteiger partial charge in [0.15, 0.2) is 0 Å². The van der Waals surface area contributed by atoms with Gasteiger partial charge in [-0.3, -0.25) is 9.59 Å². The number of nitrogens with one attached hydrogen (secondary N) is 2. The maximum atomic E-state index is 13.0. The Morgan fingerprint density at radius 3 is 2.21 bits per heavy atom. The fraction of sp³-hybridized carbons (Fsp3) is 0.417. The molecule has 2 aromatic rings. The summed E-state index contributed by atoms with van der Waals surface area (Å²) in [6, 6.07) is 10.9. The van der Waals surface area contributed by atoms with Crippen LogP contribution in [-0.4, -0.2) is 51.3 Å². The Labute approximate surface area is 201 Å². The first-order valence-corrected chi connectivity index (χ1v) is 12.6. The first-order valence-electron chi connectivity index (χ1n) is 11.1. The largest absolute Gasteiger partial charge is 0.497 e. The smallest absolute Gasteiger partial charge is 0.243 e. The average molecular weight is 492 g/mol. The Morgan fingerprint density at radius 1 is 1.03 bits per heavy atom. The Morgan fingerprint density at radius 2 is 1.68 bits per heavy atom. The number of methoxy groups -OCH3 is 1. The number of hydrogen-bond acceptors (Lipinski definition) is 6. The van der Waals surface area contributed by atoms with E-state index in [9.17, 15) is 18.0 Å². The van der Waals surface area contributed by atoms with Gasteiger partial charge in [-0.1, -0.05) is 26.0 Å². The van der Waals surface area contributed by atoms with Crippen LogP contribution in [0.4, 0.5) is 5.69 Å². The fourth-order valence-electron chi connectivity index (χ4n) is 3.48. The van der Waals surface area contributed by atoms with Gasteiger partial charge in [0.25, 0.3) is 0 Å². The van der Waals surface area contributed by atoms with E-state index in [2.05, 4.69) is 10.6 Å². The Balaban J connectivity index is 2.32. The Bertz CT molecular complexity index is 1080. The number of hydrogen-bond donors (Lipinski definition) is 2. The number of anilines is 1. The summed E-state index contributed by atoms with van der Waals surface area (Å²) >= 11 is 0. The van der Waals surface area contributed by atoms with E-state index in [1.165, 1.54) is 29.4 Å². The van der Waals surface area contributed by atoms with Crippen LogP contribution in [0.5, 0.6) is 11.5 Å². The first-order chi connectivity index (χ1) is 16.2. The molecule has 1 atom stereocenters. The fourth-order valence-corrected chi connectivity index (χ4v) is 4.97. The second-order valence-electron chi connectivity index (χ2n) is 7.46. The molecule has 9 nitrogen and oxygen atoms in total. The van der Waals surface area contributed by atoms with E-state index in [1.54, 1.807) is 52.1 Å². The molecule has 0 aliphatic carbocycles. The summed E-state index contributed by atoms with van der Waals surface area (Å²) in [6.45, 7) is 7.69. The van der Waals surface area contributed by atoms with Crippen LogP contribution >= 0.6 is 0 Å². The summed E-state index contributed by atoms with van der Waals surface area (Å²) in [6.07, 6.45) is -0.0650. The maximum absolute atomic E-state index is 13.0. The van der Waals surface area contributed by atoms with Gasteiger partial charge in [-0.05, 0) is 42.8 Å². The molecule has 0 heterocycles. The van der Waals surface area contributed by atoms with Crippen molar-refractivity contribution in [2.24, 2.45) is 0 Å². The molecule has 0 bridgehead atoms. The molecule has 2 N–H and O–H groups in total. The lowest BCUT2D eigenvalue weighted by Gasteiger charge is -2.21. The second kappa shape index (κ2) is 12.4. The van der Waals surface area contributed by atoms with Crippen LogP contribution in [0.1, 0.15) is 45.7 Å². The van der Waals surface area contributed by atoms with E-state index in [0.717, 1.165) is 5.56 Å². The van der Waals surface area contributed by atoms with Crippen molar-refractivity contribution in [2.45, 2.75) is 45.1 Å². The van der Waals surface area contributed by atoms with Crippen LogP contribution in [0, 0.1) is 0 Å². The molecule has 186 valence electrons. The molecule has 34 heavy (non-hydrogen) atoms. The van der Waals surface area contributed by atoms with E-state index < -0.39 is 22.0 Å². The van der Waals surface area contributed by atoms with Crippen molar-refractivity contribution < 1.29 is 27.5 Å². The van der Waals surface area contributed by atoms with Gasteiger partial charge in [0, 0.05) is 20.0 Å². The predicted molar refractivity (Wildman–Crippen MR) is 131 cm³/mol. The third kappa shape index (κ3) is 6.94. The molecular formula is C24H33N3O6S. The predicted octanol–water partition coefficient (Wildman–Crippen LogP) is 3.33. The summed E-state index contributed by atoms with van der Waals surface area (Å²) < 4.78 is 38.0. The molecule has 10 heteroatoms. The quantitative estimate of drug-likeness (QED) is 0.471. The van der Waals surface area contributed by atoms with Crippen LogP contribution in [0.3, 0.4) is 0 Å². The van der Waals surface area contributed by atoms with Gasteiger partial charge in [0.1, 0.15) is 11.5 Å².